The van der Waals surface area contributed by atoms with Crippen molar-refractivity contribution in [3.8, 4) is 0 Å². The summed E-state index contributed by atoms with van der Waals surface area (Å²) in [5.41, 5.74) is 1.88. The van der Waals surface area contributed by atoms with Crippen LogP contribution in [0, 0.1) is 0 Å². The van der Waals surface area contributed by atoms with E-state index in [-0.39, 0.29) is 23.8 Å². The number of hydrogen-bond acceptors (Lipinski definition) is 3. The molecule has 0 bridgehead atoms. The second-order valence-corrected chi connectivity index (χ2v) is 7.95. The fourth-order valence-electron chi connectivity index (χ4n) is 3.05. The summed E-state index contributed by atoms with van der Waals surface area (Å²) in [6.07, 6.45) is 3.20. The van der Waals surface area contributed by atoms with Crippen LogP contribution in [0.3, 0.4) is 0 Å². The largest absolute Gasteiger partial charge is 0.467 e. The molecule has 0 radical (unpaired) electrons. The van der Waals surface area contributed by atoms with E-state index in [4.69, 9.17) is 4.42 Å². The maximum absolute atomic E-state index is 12.6. The number of carbonyl (C=O) groups is 2. The van der Waals surface area contributed by atoms with Crippen molar-refractivity contribution >= 4 is 11.8 Å². The highest BCUT2D eigenvalue weighted by Gasteiger charge is 2.51. The third kappa shape index (κ3) is 3.98. The van der Waals surface area contributed by atoms with Crippen LogP contribution in [0.15, 0.2) is 47.1 Å². The van der Waals surface area contributed by atoms with Gasteiger partial charge in [-0.25, -0.2) is 0 Å². The fourth-order valence-corrected chi connectivity index (χ4v) is 3.05. The lowest BCUT2D eigenvalue weighted by molar-refractivity contribution is -0.127. The van der Waals surface area contributed by atoms with Crippen LogP contribution in [-0.2, 0) is 27.0 Å². The number of nitrogens with one attached hydrogen (secondary N) is 2. The molecule has 0 spiro atoms. The molecule has 2 aromatic rings. The van der Waals surface area contributed by atoms with Gasteiger partial charge in [0.15, 0.2) is 0 Å². The van der Waals surface area contributed by atoms with Crippen molar-refractivity contribution in [2.75, 3.05) is 6.54 Å². The molecule has 26 heavy (non-hydrogen) atoms. The summed E-state index contributed by atoms with van der Waals surface area (Å²) in [5.74, 6) is 0.380. The van der Waals surface area contributed by atoms with Crippen LogP contribution >= 0.6 is 0 Å². The molecule has 1 aliphatic rings. The number of furan rings is 1. The molecule has 0 atom stereocenters. The summed E-state index contributed by atoms with van der Waals surface area (Å²) in [4.78, 5) is 24.6. The van der Waals surface area contributed by atoms with Gasteiger partial charge in [0.2, 0.25) is 11.8 Å². The van der Waals surface area contributed by atoms with Crippen molar-refractivity contribution < 1.29 is 14.0 Å². The summed E-state index contributed by atoms with van der Waals surface area (Å²) in [5, 5.41) is 5.51. The molecule has 138 valence electrons. The Balaban J connectivity index is 1.54. The van der Waals surface area contributed by atoms with E-state index in [2.05, 4.69) is 43.5 Å². The first kappa shape index (κ1) is 18.2. The van der Waals surface area contributed by atoms with Gasteiger partial charge in [-0.15, -0.1) is 0 Å². The first-order chi connectivity index (χ1) is 12.3. The van der Waals surface area contributed by atoms with Crippen molar-refractivity contribution in [2.45, 2.75) is 51.0 Å². The molecule has 5 heteroatoms. The predicted octanol–water partition coefficient (Wildman–Crippen LogP) is 3.04. The van der Waals surface area contributed by atoms with Crippen LogP contribution in [0.1, 0.15) is 50.5 Å². The van der Waals surface area contributed by atoms with E-state index in [1.165, 1.54) is 5.56 Å². The average molecular weight is 354 g/mol. The number of benzene rings is 1. The maximum Gasteiger partial charge on any atom is 0.239 e. The van der Waals surface area contributed by atoms with E-state index in [1.54, 1.807) is 18.4 Å². The van der Waals surface area contributed by atoms with Gasteiger partial charge in [0, 0.05) is 0 Å². The van der Waals surface area contributed by atoms with E-state index < -0.39 is 5.41 Å². The monoisotopic (exact) mass is 354 g/mol. The Bertz CT molecular complexity index is 767. The molecule has 0 unspecified atom stereocenters. The highest BCUT2D eigenvalue weighted by atomic mass is 16.3. The van der Waals surface area contributed by atoms with Gasteiger partial charge in [0.05, 0.1) is 24.8 Å². The molecular formula is C21H26N2O3. The van der Waals surface area contributed by atoms with Crippen LogP contribution in [0.4, 0.5) is 0 Å². The lowest BCUT2D eigenvalue weighted by Crippen LogP contribution is -2.41. The molecule has 2 amide bonds. The van der Waals surface area contributed by atoms with E-state index in [0.29, 0.717) is 12.3 Å². The number of amides is 2. The van der Waals surface area contributed by atoms with Gasteiger partial charge < -0.3 is 15.1 Å². The lowest BCUT2D eigenvalue weighted by atomic mass is 9.85. The molecule has 0 saturated heterocycles. The van der Waals surface area contributed by atoms with Crippen molar-refractivity contribution in [1.82, 2.24) is 10.6 Å². The summed E-state index contributed by atoms with van der Waals surface area (Å²) in [6, 6.07) is 11.8. The van der Waals surface area contributed by atoms with Crippen LogP contribution in [0.25, 0.3) is 0 Å². The predicted molar refractivity (Wildman–Crippen MR) is 99.6 cm³/mol. The zero-order valence-electron chi connectivity index (χ0n) is 15.6. The molecule has 1 aromatic carbocycles. The van der Waals surface area contributed by atoms with Crippen LogP contribution in [-0.4, -0.2) is 18.4 Å². The Morgan fingerprint density at radius 2 is 1.77 bits per heavy atom. The first-order valence-electron chi connectivity index (χ1n) is 9.00. The second kappa shape index (κ2) is 6.98. The molecule has 1 saturated carbocycles. The Morgan fingerprint density at radius 1 is 1.08 bits per heavy atom. The number of carbonyl (C=O) groups excluding carboxylic acids is 2. The van der Waals surface area contributed by atoms with Gasteiger partial charge in [-0.1, -0.05) is 45.0 Å². The fraction of sp³-hybridized carbons (Fsp3) is 0.429. The summed E-state index contributed by atoms with van der Waals surface area (Å²) < 4.78 is 5.16. The van der Waals surface area contributed by atoms with Gasteiger partial charge >= 0.3 is 0 Å². The van der Waals surface area contributed by atoms with Gasteiger partial charge in [-0.05, 0) is 41.5 Å². The van der Waals surface area contributed by atoms with Crippen molar-refractivity contribution in [1.29, 1.82) is 0 Å². The molecule has 2 N–H and O–H groups in total. The van der Waals surface area contributed by atoms with E-state index in [9.17, 15) is 9.59 Å². The van der Waals surface area contributed by atoms with Gasteiger partial charge in [0.25, 0.3) is 0 Å². The lowest BCUT2D eigenvalue weighted by Gasteiger charge is -2.21. The zero-order valence-corrected chi connectivity index (χ0v) is 15.6. The maximum atomic E-state index is 12.6. The highest BCUT2D eigenvalue weighted by Crippen LogP contribution is 2.48. The molecule has 3 rings (SSSR count). The van der Waals surface area contributed by atoms with E-state index in [0.717, 1.165) is 18.4 Å². The number of hydrogen-bond donors (Lipinski definition) is 2. The Hall–Kier alpha value is -2.56. The van der Waals surface area contributed by atoms with E-state index >= 15 is 0 Å². The minimum atomic E-state index is -0.474. The first-order valence-corrected chi connectivity index (χ1v) is 9.00. The third-order valence-electron chi connectivity index (χ3n) is 4.94. The molecular weight excluding hydrogens is 328 g/mol. The Labute approximate surface area is 154 Å². The van der Waals surface area contributed by atoms with Gasteiger partial charge in [-0.2, -0.15) is 0 Å². The topological polar surface area (TPSA) is 71.3 Å². The molecule has 1 aromatic heterocycles. The molecule has 1 fully saturated rings. The molecule has 0 aliphatic heterocycles. The average Bonchev–Trinajstić information content (AvgIpc) is 3.26. The highest BCUT2D eigenvalue weighted by molar-refractivity contribution is 5.93. The minimum absolute atomic E-state index is 0.0264. The Kier molecular flexibility index (Phi) is 4.90. The minimum Gasteiger partial charge on any atom is -0.467 e. The zero-order chi connectivity index (χ0) is 18.8. The van der Waals surface area contributed by atoms with Crippen molar-refractivity contribution in [2.24, 2.45) is 0 Å². The summed E-state index contributed by atoms with van der Waals surface area (Å²) in [6.45, 7) is 6.80. The Morgan fingerprint density at radius 3 is 2.31 bits per heavy atom. The standard InChI is InChI=1S/C21H26N2O3/c1-20(2,3)15-6-8-16(9-7-15)21(10-11-21)19(25)23-14-18(24)22-13-17-5-4-12-26-17/h4-9,12H,10-11,13-14H2,1-3H3,(H,22,24)(H,23,25). The molecule has 1 aliphatic carbocycles. The third-order valence-corrected chi connectivity index (χ3v) is 4.94. The van der Waals surface area contributed by atoms with Crippen LogP contribution < -0.4 is 10.6 Å². The normalized spacial score (nSPS) is 15.3. The quantitative estimate of drug-likeness (QED) is 0.837. The summed E-state index contributed by atoms with van der Waals surface area (Å²) in [7, 11) is 0. The molecule has 5 nitrogen and oxygen atoms in total. The van der Waals surface area contributed by atoms with Gasteiger partial charge in [-0.3, -0.25) is 9.59 Å². The second-order valence-electron chi connectivity index (χ2n) is 7.95. The SMILES string of the molecule is CC(C)(C)c1ccc(C2(C(=O)NCC(=O)NCc3ccco3)CC2)cc1. The smallest absolute Gasteiger partial charge is 0.239 e. The van der Waals surface area contributed by atoms with Crippen LogP contribution in [0.2, 0.25) is 0 Å². The molecule has 1 heterocycles. The van der Waals surface area contributed by atoms with Crippen molar-refractivity contribution in [3.05, 3.63) is 59.5 Å². The van der Waals surface area contributed by atoms with Crippen molar-refractivity contribution in [3.63, 3.8) is 0 Å². The van der Waals surface area contributed by atoms with E-state index in [1.807, 2.05) is 12.1 Å². The number of rotatable bonds is 6. The van der Waals surface area contributed by atoms with Crippen LogP contribution in [0.5, 0.6) is 0 Å². The van der Waals surface area contributed by atoms with Gasteiger partial charge in [0.1, 0.15) is 5.76 Å². The summed E-state index contributed by atoms with van der Waals surface area (Å²) >= 11 is 0.